The van der Waals surface area contributed by atoms with Crippen LogP contribution >= 0.6 is 0 Å². The Morgan fingerprint density at radius 1 is 1.16 bits per heavy atom. The number of hydrogen-bond acceptors (Lipinski definition) is 4. The van der Waals surface area contributed by atoms with E-state index in [2.05, 4.69) is 64.7 Å². The molecule has 0 amide bonds. The van der Waals surface area contributed by atoms with Gasteiger partial charge < -0.3 is 4.57 Å². The van der Waals surface area contributed by atoms with Gasteiger partial charge >= 0.3 is 0 Å². The van der Waals surface area contributed by atoms with Gasteiger partial charge in [-0.2, -0.15) is 5.10 Å². The topological polar surface area (TPSA) is 51.8 Å². The molecule has 0 aliphatic carbocycles. The number of hydrogen-bond donors (Lipinski definition) is 0. The average molecular weight is 338 g/mol. The lowest BCUT2D eigenvalue weighted by Crippen LogP contribution is -2.22. The van der Waals surface area contributed by atoms with Crippen molar-refractivity contribution in [3.05, 3.63) is 59.4 Å². The van der Waals surface area contributed by atoms with E-state index in [1.165, 1.54) is 16.7 Å². The van der Waals surface area contributed by atoms with Crippen molar-refractivity contribution in [3.63, 3.8) is 0 Å². The molecule has 0 aliphatic heterocycles. The van der Waals surface area contributed by atoms with Gasteiger partial charge in [0.25, 0.3) is 0 Å². The molecule has 0 fully saturated rings. The molecule has 0 N–H and O–H groups in total. The molecule has 0 saturated carbocycles. The number of nitrogens with zero attached hydrogens (tertiary/aromatic N) is 6. The van der Waals surface area contributed by atoms with E-state index in [4.69, 9.17) is 0 Å². The van der Waals surface area contributed by atoms with Gasteiger partial charge in [0, 0.05) is 25.5 Å². The fourth-order valence-corrected chi connectivity index (χ4v) is 3.19. The molecule has 6 heteroatoms. The fourth-order valence-electron chi connectivity index (χ4n) is 3.19. The molecule has 0 radical (unpaired) electrons. The van der Waals surface area contributed by atoms with Crippen molar-refractivity contribution in [1.29, 1.82) is 0 Å². The van der Waals surface area contributed by atoms with E-state index in [0.717, 1.165) is 37.6 Å². The number of benzene rings is 1. The maximum atomic E-state index is 4.42. The van der Waals surface area contributed by atoms with Gasteiger partial charge in [-0.1, -0.05) is 13.0 Å². The second-order valence-corrected chi connectivity index (χ2v) is 6.64. The first-order valence-corrected chi connectivity index (χ1v) is 8.74. The highest BCUT2D eigenvalue weighted by Gasteiger charge is 2.14. The van der Waals surface area contributed by atoms with Crippen molar-refractivity contribution < 1.29 is 0 Å². The standard InChI is InChI=1S/C19H26N6/c1-5-8-24-14-20-22-19(24)13-23(4)12-17-16(3)10-15(2)11-18(17)25-9-6-7-21-25/h6-7,9-11,14H,5,8,12-13H2,1-4H3. The van der Waals surface area contributed by atoms with Crippen molar-refractivity contribution in [1.82, 2.24) is 29.4 Å². The molecule has 3 rings (SSSR count). The molecule has 2 heterocycles. The summed E-state index contributed by atoms with van der Waals surface area (Å²) in [6.45, 7) is 9.02. The summed E-state index contributed by atoms with van der Waals surface area (Å²) in [6, 6.07) is 6.39. The molecule has 0 saturated heterocycles. The summed E-state index contributed by atoms with van der Waals surface area (Å²) in [6.07, 6.45) is 6.71. The Morgan fingerprint density at radius 3 is 2.72 bits per heavy atom. The monoisotopic (exact) mass is 338 g/mol. The van der Waals surface area contributed by atoms with Crippen LogP contribution in [-0.4, -0.2) is 36.5 Å². The van der Waals surface area contributed by atoms with E-state index in [0.29, 0.717) is 0 Å². The SMILES string of the molecule is CCCn1cnnc1CN(C)Cc1c(C)cc(C)cc1-n1cccn1. The fraction of sp³-hybridized carbons (Fsp3) is 0.421. The van der Waals surface area contributed by atoms with E-state index in [1.54, 1.807) is 0 Å². The molecule has 6 nitrogen and oxygen atoms in total. The maximum Gasteiger partial charge on any atom is 0.147 e. The molecule has 3 aromatic rings. The molecule has 0 bridgehead atoms. The number of rotatable bonds is 7. The highest BCUT2D eigenvalue weighted by atomic mass is 15.3. The lowest BCUT2D eigenvalue weighted by molar-refractivity contribution is 0.303. The highest BCUT2D eigenvalue weighted by Crippen LogP contribution is 2.22. The lowest BCUT2D eigenvalue weighted by Gasteiger charge is -2.21. The summed E-state index contributed by atoms with van der Waals surface area (Å²) in [5, 5.41) is 12.8. The van der Waals surface area contributed by atoms with Crippen LogP contribution in [0.25, 0.3) is 5.69 Å². The molecular formula is C19H26N6. The Kier molecular flexibility index (Phi) is 5.28. The molecule has 0 aliphatic rings. The van der Waals surface area contributed by atoms with Crippen LogP contribution in [0.4, 0.5) is 0 Å². The van der Waals surface area contributed by atoms with Crippen LogP contribution in [0, 0.1) is 13.8 Å². The smallest absolute Gasteiger partial charge is 0.147 e. The lowest BCUT2D eigenvalue weighted by atomic mass is 10.0. The molecule has 2 aromatic heterocycles. The van der Waals surface area contributed by atoms with Gasteiger partial charge in [0.15, 0.2) is 0 Å². The zero-order valence-electron chi connectivity index (χ0n) is 15.5. The van der Waals surface area contributed by atoms with Crippen LogP contribution in [0.1, 0.15) is 35.9 Å². The largest absolute Gasteiger partial charge is 0.317 e. The second kappa shape index (κ2) is 7.61. The summed E-state index contributed by atoms with van der Waals surface area (Å²) in [7, 11) is 2.12. The predicted molar refractivity (Wildman–Crippen MR) is 98.5 cm³/mol. The van der Waals surface area contributed by atoms with Crippen LogP contribution in [0.3, 0.4) is 0 Å². The normalized spacial score (nSPS) is 11.4. The van der Waals surface area contributed by atoms with Crippen molar-refractivity contribution in [2.24, 2.45) is 0 Å². The van der Waals surface area contributed by atoms with Crippen molar-refractivity contribution in [2.75, 3.05) is 7.05 Å². The van der Waals surface area contributed by atoms with Crippen LogP contribution in [0.2, 0.25) is 0 Å². The third-order valence-electron chi connectivity index (χ3n) is 4.34. The Labute approximate surface area is 149 Å². The Morgan fingerprint density at radius 2 is 2.00 bits per heavy atom. The highest BCUT2D eigenvalue weighted by molar-refractivity contribution is 5.48. The molecule has 132 valence electrons. The van der Waals surface area contributed by atoms with Gasteiger partial charge in [-0.15, -0.1) is 10.2 Å². The van der Waals surface area contributed by atoms with Crippen LogP contribution < -0.4 is 0 Å². The van der Waals surface area contributed by atoms with Crippen LogP contribution in [-0.2, 0) is 19.6 Å². The van der Waals surface area contributed by atoms with Crippen LogP contribution in [0.15, 0.2) is 36.9 Å². The van der Waals surface area contributed by atoms with Gasteiger partial charge in [-0.3, -0.25) is 4.90 Å². The first-order chi connectivity index (χ1) is 12.1. The molecule has 0 unspecified atom stereocenters. The minimum Gasteiger partial charge on any atom is -0.317 e. The summed E-state index contributed by atoms with van der Waals surface area (Å²) in [5.41, 5.74) is 4.96. The maximum absolute atomic E-state index is 4.42. The van der Waals surface area contributed by atoms with Crippen molar-refractivity contribution in [2.45, 2.75) is 46.8 Å². The number of aromatic nitrogens is 5. The average Bonchev–Trinajstić information content (AvgIpc) is 3.23. The van der Waals surface area contributed by atoms with Crippen molar-refractivity contribution in [3.8, 4) is 5.69 Å². The molecule has 0 spiro atoms. The van der Waals surface area contributed by atoms with Gasteiger partial charge in [0.05, 0.1) is 12.2 Å². The molecule has 0 atom stereocenters. The quantitative estimate of drug-likeness (QED) is 0.664. The summed E-state index contributed by atoms with van der Waals surface area (Å²) >= 11 is 0. The first kappa shape index (κ1) is 17.4. The minimum atomic E-state index is 0.770. The Balaban J connectivity index is 1.83. The summed E-state index contributed by atoms with van der Waals surface area (Å²) in [5.74, 6) is 1.01. The number of aryl methyl sites for hydroxylation is 3. The van der Waals surface area contributed by atoms with E-state index in [1.807, 2.05) is 29.5 Å². The van der Waals surface area contributed by atoms with Crippen molar-refractivity contribution >= 4 is 0 Å². The van der Waals surface area contributed by atoms with E-state index < -0.39 is 0 Å². The molecular weight excluding hydrogens is 312 g/mol. The van der Waals surface area contributed by atoms with E-state index in [-0.39, 0.29) is 0 Å². The zero-order chi connectivity index (χ0) is 17.8. The third kappa shape index (κ3) is 3.96. The zero-order valence-corrected chi connectivity index (χ0v) is 15.5. The van der Waals surface area contributed by atoms with Gasteiger partial charge in [-0.05, 0) is 56.1 Å². The first-order valence-electron chi connectivity index (χ1n) is 8.74. The summed E-state index contributed by atoms with van der Waals surface area (Å²) < 4.78 is 4.08. The van der Waals surface area contributed by atoms with Crippen LogP contribution in [0.5, 0.6) is 0 Å². The van der Waals surface area contributed by atoms with Gasteiger partial charge in [0.2, 0.25) is 0 Å². The molecule has 25 heavy (non-hydrogen) atoms. The summed E-state index contributed by atoms with van der Waals surface area (Å²) in [4.78, 5) is 2.28. The van der Waals surface area contributed by atoms with E-state index in [9.17, 15) is 0 Å². The third-order valence-corrected chi connectivity index (χ3v) is 4.34. The van der Waals surface area contributed by atoms with E-state index >= 15 is 0 Å². The second-order valence-electron chi connectivity index (χ2n) is 6.64. The molecule has 1 aromatic carbocycles. The Hall–Kier alpha value is -2.47. The van der Waals surface area contributed by atoms with Gasteiger partial charge in [-0.25, -0.2) is 4.68 Å². The predicted octanol–water partition coefficient (Wildman–Crippen LogP) is 3.12. The Bertz CT molecular complexity index is 819. The van der Waals surface area contributed by atoms with Gasteiger partial charge in [0.1, 0.15) is 12.2 Å². The minimum absolute atomic E-state index is 0.770.